The number of benzene rings is 1. The van der Waals surface area contributed by atoms with Crippen molar-refractivity contribution in [3.8, 4) is 0 Å². The highest BCUT2D eigenvalue weighted by Crippen LogP contribution is 2.26. The molecule has 13 heavy (non-hydrogen) atoms. The summed E-state index contributed by atoms with van der Waals surface area (Å²) in [5.41, 5.74) is 0.949. The quantitative estimate of drug-likeness (QED) is 0.817. The minimum absolute atomic E-state index is 0.591. The molecule has 1 N–H and O–H groups in total. The van der Waals surface area contributed by atoms with E-state index in [1.54, 1.807) is 6.07 Å². The first-order valence-corrected chi connectivity index (χ1v) is 4.76. The molecule has 1 rings (SSSR count). The molecule has 0 bridgehead atoms. The topological polar surface area (TPSA) is 12.0 Å². The Morgan fingerprint density at radius 2 is 2.15 bits per heavy atom. The van der Waals surface area contributed by atoms with Gasteiger partial charge in [-0.3, -0.25) is 0 Å². The lowest BCUT2D eigenvalue weighted by molar-refractivity contribution is 0.922. The maximum absolute atomic E-state index is 5.97. The second kappa shape index (κ2) is 5.28. The van der Waals surface area contributed by atoms with E-state index in [2.05, 4.69) is 5.32 Å². The number of halogens is 2. The Labute approximate surface area is 88.4 Å². The highest BCUT2D eigenvalue weighted by atomic mass is 35.5. The first kappa shape index (κ1) is 10.6. The third-order valence-corrected chi connectivity index (χ3v) is 2.43. The minimum Gasteiger partial charge on any atom is -0.316 e. The van der Waals surface area contributed by atoms with Gasteiger partial charge in [-0.25, -0.2) is 0 Å². The molecule has 0 aliphatic rings. The summed E-state index contributed by atoms with van der Waals surface area (Å²) in [6.07, 6.45) is 3.95. The predicted octanol–water partition coefficient (Wildman–Crippen LogP) is 3.23. The molecule has 1 aromatic carbocycles. The number of hydrogen-bond donors (Lipinski definition) is 1. The summed E-state index contributed by atoms with van der Waals surface area (Å²) in [6, 6.07) is 5.59. The van der Waals surface area contributed by atoms with Gasteiger partial charge in [-0.05, 0) is 18.7 Å². The summed E-state index contributed by atoms with van der Waals surface area (Å²) in [6.45, 7) is 0.822. The number of likely N-dealkylation sites (N-methyl/N-ethyl adjacent to an activating group) is 1. The van der Waals surface area contributed by atoms with Gasteiger partial charge in [-0.15, -0.1) is 0 Å². The summed E-state index contributed by atoms with van der Waals surface area (Å²) < 4.78 is 0. The van der Waals surface area contributed by atoms with Gasteiger partial charge >= 0.3 is 0 Å². The molecule has 0 spiro atoms. The molecule has 0 radical (unpaired) electrons. The molecule has 70 valence electrons. The van der Waals surface area contributed by atoms with E-state index in [4.69, 9.17) is 23.2 Å². The Kier molecular flexibility index (Phi) is 4.29. The largest absolute Gasteiger partial charge is 0.316 e. The molecule has 3 heteroatoms. The van der Waals surface area contributed by atoms with Gasteiger partial charge in [0.25, 0.3) is 0 Å². The van der Waals surface area contributed by atoms with Crippen LogP contribution in [0.25, 0.3) is 6.08 Å². The fourth-order valence-electron chi connectivity index (χ4n) is 0.953. The van der Waals surface area contributed by atoms with Crippen molar-refractivity contribution in [1.29, 1.82) is 0 Å². The summed E-state index contributed by atoms with van der Waals surface area (Å²) in [7, 11) is 1.89. The summed E-state index contributed by atoms with van der Waals surface area (Å²) in [5, 5.41) is 4.21. The fraction of sp³-hybridized carbons (Fsp3) is 0.200. The average molecular weight is 216 g/mol. The first-order chi connectivity index (χ1) is 6.25. The Morgan fingerprint density at radius 3 is 2.85 bits per heavy atom. The van der Waals surface area contributed by atoms with Gasteiger partial charge < -0.3 is 5.32 Å². The third-order valence-electron chi connectivity index (χ3n) is 1.60. The van der Waals surface area contributed by atoms with Crippen molar-refractivity contribution in [2.24, 2.45) is 0 Å². The van der Waals surface area contributed by atoms with Crippen LogP contribution in [-0.4, -0.2) is 13.6 Å². The maximum Gasteiger partial charge on any atom is 0.0664 e. The third kappa shape index (κ3) is 3.03. The molecule has 1 nitrogen and oxygen atoms in total. The SMILES string of the molecule is CNCC=Cc1cccc(Cl)c1Cl. The van der Waals surface area contributed by atoms with Crippen LogP contribution in [0.1, 0.15) is 5.56 Å². The van der Waals surface area contributed by atoms with Gasteiger partial charge in [0.1, 0.15) is 0 Å². The van der Waals surface area contributed by atoms with Crippen molar-refractivity contribution in [3.63, 3.8) is 0 Å². The molecule has 0 unspecified atom stereocenters. The maximum atomic E-state index is 5.97. The lowest BCUT2D eigenvalue weighted by Crippen LogP contribution is -2.03. The predicted molar refractivity (Wildman–Crippen MR) is 59.4 cm³/mol. The van der Waals surface area contributed by atoms with Crippen LogP contribution in [-0.2, 0) is 0 Å². The van der Waals surface area contributed by atoms with E-state index >= 15 is 0 Å². The van der Waals surface area contributed by atoms with Crippen LogP contribution in [0.4, 0.5) is 0 Å². The van der Waals surface area contributed by atoms with Crippen molar-refractivity contribution < 1.29 is 0 Å². The minimum atomic E-state index is 0.591. The van der Waals surface area contributed by atoms with Gasteiger partial charge in [0.15, 0.2) is 0 Å². The van der Waals surface area contributed by atoms with Crippen molar-refractivity contribution in [2.45, 2.75) is 0 Å². The number of nitrogens with one attached hydrogen (secondary N) is 1. The first-order valence-electron chi connectivity index (χ1n) is 4.01. The van der Waals surface area contributed by atoms with E-state index in [1.165, 1.54) is 0 Å². The van der Waals surface area contributed by atoms with Gasteiger partial charge in [-0.2, -0.15) is 0 Å². The van der Waals surface area contributed by atoms with E-state index < -0.39 is 0 Å². The van der Waals surface area contributed by atoms with Crippen molar-refractivity contribution >= 4 is 29.3 Å². The molecule has 0 aliphatic carbocycles. The summed E-state index contributed by atoms with van der Waals surface area (Å²) in [5.74, 6) is 0. The van der Waals surface area contributed by atoms with Crippen molar-refractivity contribution in [1.82, 2.24) is 5.32 Å². The average Bonchev–Trinajstić information content (AvgIpc) is 2.13. The highest BCUT2D eigenvalue weighted by Gasteiger charge is 1.99. The van der Waals surface area contributed by atoms with Crippen molar-refractivity contribution in [3.05, 3.63) is 39.9 Å². The zero-order valence-corrected chi connectivity index (χ0v) is 8.86. The van der Waals surface area contributed by atoms with E-state index in [0.29, 0.717) is 10.0 Å². The standard InChI is InChI=1S/C10H11Cl2N/c1-13-7-3-5-8-4-2-6-9(11)10(8)12/h2-6,13H,7H2,1H3. The molecular weight excluding hydrogens is 205 g/mol. The van der Waals surface area contributed by atoms with E-state index in [-0.39, 0.29) is 0 Å². The molecule has 0 aromatic heterocycles. The Bertz CT molecular complexity index is 308. The zero-order chi connectivity index (χ0) is 9.68. The van der Waals surface area contributed by atoms with Crippen LogP contribution in [0.5, 0.6) is 0 Å². The van der Waals surface area contributed by atoms with Crippen LogP contribution in [0.3, 0.4) is 0 Å². The van der Waals surface area contributed by atoms with Gasteiger partial charge in [0.2, 0.25) is 0 Å². The molecule has 0 amide bonds. The van der Waals surface area contributed by atoms with Gasteiger partial charge in [0, 0.05) is 6.54 Å². The second-order valence-electron chi connectivity index (χ2n) is 2.60. The number of hydrogen-bond acceptors (Lipinski definition) is 1. The molecule has 0 heterocycles. The fourth-order valence-corrected chi connectivity index (χ4v) is 1.32. The molecule has 0 saturated carbocycles. The smallest absolute Gasteiger partial charge is 0.0664 e. The van der Waals surface area contributed by atoms with Crippen molar-refractivity contribution in [2.75, 3.05) is 13.6 Å². The normalized spacial score (nSPS) is 11.0. The molecule has 0 saturated heterocycles. The van der Waals surface area contributed by atoms with Gasteiger partial charge in [0.05, 0.1) is 10.0 Å². The Hall–Kier alpha value is -0.500. The molecule has 1 aromatic rings. The lowest BCUT2D eigenvalue weighted by atomic mass is 10.2. The second-order valence-corrected chi connectivity index (χ2v) is 3.39. The molecule has 0 fully saturated rings. The van der Waals surface area contributed by atoms with Crippen LogP contribution < -0.4 is 5.32 Å². The van der Waals surface area contributed by atoms with Crippen LogP contribution in [0, 0.1) is 0 Å². The van der Waals surface area contributed by atoms with E-state index in [0.717, 1.165) is 12.1 Å². The summed E-state index contributed by atoms with van der Waals surface area (Å²) in [4.78, 5) is 0. The Balaban J connectivity index is 2.83. The van der Waals surface area contributed by atoms with E-state index in [9.17, 15) is 0 Å². The Morgan fingerprint density at radius 1 is 1.38 bits per heavy atom. The zero-order valence-electron chi connectivity index (χ0n) is 7.35. The number of rotatable bonds is 3. The van der Waals surface area contributed by atoms with Crippen LogP contribution >= 0.6 is 23.2 Å². The van der Waals surface area contributed by atoms with Gasteiger partial charge in [-0.1, -0.05) is 47.5 Å². The van der Waals surface area contributed by atoms with Crippen LogP contribution in [0.2, 0.25) is 10.0 Å². The highest BCUT2D eigenvalue weighted by molar-refractivity contribution is 6.42. The van der Waals surface area contributed by atoms with E-state index in [1.807, 2.05) is 31.3 Å². The van der Waals surface area contributed by atoms with Crippen LogP contribution in [0.15, 0.2) is 24.3 Å². The molecule has 0 aliphatic heterocycles. The monoisotopic (exact) mass is 215 g/mol. The lowest BCUT2D eigenvalue weighted by Gasteiger charge is -1.99. The molecule has 0 atom stereocenters. The summed E-state index contributed by atoms with van der Waals surface area (Å²) >= 11 is 11.8. The molecular formula is C10H11Cl2N.